The summed E-state index contributed by atoms with van der Waals surface area (Å²) in [6, 6.07) is 9.21. The number of carbonyl (C=O) groups is 1. The van der Waals surface area contributed by atoms with Crippen LogP contribution in [0.2, 0.25) is 0 Å². The predicted molar refractivity (Wildman–Crippen MR) is 178 cm³/mol. The highest BCUT2D eigenvalue weighted by molar-refractivity contribution is 7.86. The fourth-order valence-corrected chi connectivity index (χ4v) is 7.25. The quantitative estimate of drug-likeness (QED) is 0.104. The second-order valence-corrected chi connectivity index (χ2v) is 15.4. The third-order valence-corrected chi connectivity index (χ3v) is 10.4. The van der Waals surface area contributed by atoms with Crippen LogP contribution in [0.4, 0.5) is 11.4 Å². The van der Waals surface area contributed by atoms with Gasteiger partial charge in [-0.1, -0.05) is 50.6 Å². The van der Waals surface area contributed by atoms with Crippen LogP contribution in [0.1, 0.15) is 64.5 Å². The summed E-state index contributed by atoms with van der Waals surface area (Å²) in [5, 5.41) is 8.96. The molecule has 2 aromatic rings. The number of carboxylic acid groups (broad SMARTS) is 1. The van der Waals surface area contributed by atoms with Gasteiger partial charge in [-0.15, -0.1) is 0 Å². The topological polar surface area (TPSA) is 152 Å². The van der Waals surface area contributed by atoms with Crippen molar-refractivity contribution in [3.63, 3.8) is 0 Å². The van der Waals surface area contributed by atoms with Crippen LogP contribution in [-0.4, -0.2) is 60.9 Å². The molecule has 0 saturated heterocycles. The number of fused-ring (bicyclic) bond motifs is 2. The number of allylic oxidation sites excluding steroid dienone is 8. The minimum Gasteiger partial charge on any atom is -0.481 e. The fourth-order valence-electron chi connectivity index (χ4n) is 6.24. The van der Waals surface area contributed by atoms with E-state index in [1.54, 1.807) is 12.1 Å². The average molecular weight is 670 g/mol. The summed E-state index contributed by atoms with van der Waals surface area (Å²) < 4.78 is 68.3. The summed E-state index contributed by atoms with van der Waals surface area (Å²) in [5.41, 5.74) is 4.13. The van der Waals surface area contributed by atoms with Crippen LogP contribution in [0, 0.1) is 0 Å². The highest BCUT2D eigenvalue weighted by Crippen LogP contribution is 2.48. The predicted octanol–water partition coefficient (Wildman–Crippen LogP) is 6.18. The third kappa shape index (κ3) is 7.25. The number of unbranched alkanes of at least 4 members (excludes halogenated alkanes) is 2. The number of hydrogen-bond acceptors (Lipinski definition) is 6. The van der Waals surface area contributed by atoms with E-state index in [0.717, 1.165) is 46.8 Å². The number of hydrogen-bond donors (Lipinski definition) is 3. The van der Waals surface area contributed by atoms with E-state index in [4.69, 9.17) is 5.11 Å². The summed E-state index contributed by atoms with van der Waals surface area (Å²) in [4.78, 5) is 12.7. The summed E-state index contributed by atoms with van der Waals surface area (Å²) in [6.07, 6.45) is 15.5. The molecule has 0 atom stereocenters. The van der Waals surface area contributed by atoms with Gasteiger partial charge in [-0.2, -0.15) is 21.4 Å². The van der Waals surface area contributed by atoms with Crippen LogP contribution in [0.5, 0.6) is 0 Å². The van der Waals surface area contributed by atoms with Gasteiger partial charge in [-0.3, -0.25) is 13.9 Å². The van der Waals surface area contributed by atoms with E-state index < -0.39 is 37.0 Å². The standard InChI is InChI=1S/C34H40N2O8S2/c1-33(2)26-22-24(45(39,40)41)17-19-28(26)35(5)30(33)14-10-7-6-8-11-15-31-34(3,4)27-23-25(46(42,43)44)18-20-29(27)36(31)21-13-9-12-16-32(37)38/h6-8,10-11,14-15,17-20,22-23H,9,12-13,16,21H2,1-5H3,(H2-,37,38,39,40,41,42,43,44)/p+1. The zero-order chi connectivity index (χ0) is 34.1. The molecule has 4 rings (SSSR count). The molecule has 0 bridgehead atoms. The van der Waals surface area contributed by atoms with E-state index in [1.807, 2.05) is 81.9 Å². The molecule has 0 radical (unpaired) electrons. The molecular weight excluding hydrogens is 629 g/mol. The molecule has 10 nitrogen and oxygen atoms in total. The Morgan fingerprint density at radius 2 is 1.39 bits per heavy atom. The smallest absolute Gasteiger partial charge is 0.303 e. The minimum absolute atomic E-state index is 0.112. The maximum atomic E-state index is 11.9. The van der Waals surface area contributed by atoms with E-state index in [2.05, 4.69) is 4.90 Å². The molecule has 2 aliphatic rings. The molecule has 2 aromatic carbocycles. The van der Waals surface area contributed by atoms with E-state index in [9.17, 15) is 30.7 Å². The van der Waals surface area contributed by atoms with Gasteiger partial charge in [0.25, 0.3) is 20.2 Å². The van der Waals surface area contributed by atoms with Crippen LogP contribution < -0.4 is 4.90 Å². The first-order chi connectivity index (χ1) is 21.4. The summed E-state index contributed by atoms with van der Waals surface area (Å²) in [7, 11) is -6.78. The molecule has 0 aromatic heterocycles. The highest BCUT2D eigenvalue weighted by atomic mass is 32.2. The lowest BCUT2D eigenvalue weighted by atomic mass is 9.81. The molecule has 2 heterocycles. The Labute approximate surface area is 271 Å². The molecule has 0 saturated carbocycles. The van der Waals surface area contributed by atoms with Gasteiger partial charge in [0.1, 0.15) is 7.05 Å². The molecule has 12 heteroatoms. The van der Waals surface area contributed by atoms with E-state index in [1.165, 1.54) is 24.3 Å². The number of rotatable bonds is 12. The molecule has 246 valence electrons. The maximum Gasteiger partial charge on any atom is 0.303 e. The summed E-state index contributed by atoms with van der Waals surface area (Å²) >= 11 is 0. The number of benzene rings is 2. The monoisotopic (exact) mass is 669 g/mol. The van der Waals surface area contributed by atoms with Crippen molar-refractivity contribution in [3.05, 3.63) is 95.8 Å². The second kappa shape index (κ2) is 13.1. The molecule has 0 fully saturated rings. The zero-order valence-corrected chi connectivity index (χ0v) is 28.3. The van der Waals surface area contributed by atoms with Crippen LogP contribution >= 0.6 is 0 Å². The Morgan fingerprint density at radius 3 is 2.02 bits per heavy atom. The lowest BCUT2D eigenvalue weighted by molar-refractivity contribution is -0.401. The lowest BCUT2D eigenvalue weighted by Crippen LogP contribution is -2.27. The normalized spacial score (nSPS) is 18.4. The molecule has 46 heavy (non-hydrogen) atoms. The van der Waals surface area contributed by atoms with E-state index in [-0.39, 0.29) is 16.2 Å². The third-order valence-electron chi connectivity index (χ3n) is 8.69. The van der Waals surface area contributed by atoms with Gasteiger partial charge in [0.05, 0.1) is 15.2 Å². The van der Waals surface area contributed by atoms with Gasteiger partial charge in [0.2, 0.25) is 5.69 Å². The van der Waals surface area contributed by atoms with Crippen molar-refractivity contribution in [3.8, 4) is 0 Å². The first kappa shape index (κ1) is 35.0. The zero-order valence-electron chi connectivity index (χ0n) is 26.6. The Kier molecular flexibility index (Phi) is 9.98. The fraction of sp³-hybridized carbons (Fsp3) is 0.353. The summed E-state index contributed by atoms with van der Waals surface area (Å²) in [5.74, 6) is -0.823. The Morgan fingerprint density at radius 1 is 0.804 bits per heavy atom. The average Bonchev–Trinajstić information content (AvgIpc) is 3.28. The van der Waals surface area contributed by atoms with Crippen LogP contribution in [-0.2, 0) is 35.9 Å². The van der Waals surface area contributed by atoms with Gasteiger partial charge >= 0.3 is 5.97 Å². The maximum absolute atomic E-state index is 11.9. The summed E-state index contributed by atoms with van der Waals surface area (Å²) in [6.45, 7) is 8.61. The first-order valence-corrected chi connectivity index (χ1v) is 17.8. The largest absolute Gasteiger partial charge is 0.481 e. The van der Waals surface area contributed by atoms with Crippen molar-refractivity contribution in [1.29, 1.82) is 0 Å². The molecular formula is C34H41N2O8S2+. The van der Waals surface area contributed by atoms with E-state index >= 15 is 0 Å². The SMILES string of the molecule is C[N+]1=C(/C=C/C=C/C=C/C=C2\N(CCCCCC(=O)O)c3ccc(S(=O)(=O)O)cc3C2(C)C)C(C)(C)c2cc(S(=O)(=O)O)ccc21. The Hall–Kier alpha value is -3.84. The van der Waals surface area contributed by atoms with Crippen LogP contribution in [0.15, 0.2) is 94.4 Å². The number of anilines is 1. The molecule has 0 spiro atoms. The first-order valence-electron chi connectivity index (χ1n) is 14.9. The molecule has 0 unspecified atom stereocenters. The van der Waals surface area contributed by atoms with Crippen LogP contribution in [0.25, 0.3) is 0 Å². The van der Waals surface area contributed by atoms with Crippen molar-refractivity contribution in [2.24, 2.45) is 0 Å². The van der Waals surface area contributed by atoms with Gasteiger partial charge < -0.3 is 10.0 Å². The number of carboxylic acids is 1. The number of aliphatic carboxylic acids is 1. The Balaban J connectivity index is 1.53. The molecule has 2 aliphatic heterocycles. The van der Waals surface area contributed by atoms with Crippen molar-refractivity contribution in [2.45, 2.75) is 74.0 Å². The van der Waals surface area contributed by atoms with E-state index in [0.29, 0.717) is 13.0 Å². The Bertz CT molecular complexity index is 1910. The number of nitrogens with zero attached hydrogens (tertiary/aromatic N) is 2. The van der Waals surface area contributed by atoms with Gasteiger partial charge in [0.15, 0.2) is 5.71 Å². The van der Waals surface area contributed by atoms with Crippen LogP contribution in [0.3, 0.4) is 0 Å². The molecule has 0 amide bonds. The van der Waals surface area contributed by atoms with Crippen molar-refractivity contribution in [1.82, 2.24) is 0 Å². The molecule has 0 aliphatic carbocycles. The van der Waals surface area contributed by atoms with Gasteiger partial charge in [0, 0.05) is 47.5 Å². The van der Waals surface area contributed by atoms with Gasteiger partial charge in [-0.05, 0) is 68.7 Å². The molecule has 3 N–H and O–H groups in total. The highest BCUT2D eigenvalue weighted by Gasteiger charge is 2.43. The van der Waals surface area contributed by atoms with Crippen molar-refractivity contribution >= 4 is 43.3 Å². The van der Waals surface area contributed by atoms with Crippen molar-refractivity contribution in [2.75, 3.05) is 18.5 Å². The second-order valence-electron chi connectivity index (χ2n) is 12.5. The van der Waals surface area contributed by atoms with Crippen molar-refractivity contribution < 1.29 is 40.4 Å². The lowest BCUT2D eigenvalue weighted by Gasteiger charge is -2.27. The minimum atomic E-state index is -4.37. The van der Waals surface area contributed by atoms with Gasteiger partial charge in [-0.25, -0.2) is 0 Å².